The number of aromatic nitrogens is 2. The molecule has 31 heavy (non-hydrogen) atoms. The van der Waals surface area contributed by atoms with Crippen molar-refractivity contribution in [2.24, 2.45) is 7.05 Å². The van der Waals surface area contributed by atoms with Crippen LogP contribution in [0.1, 0.15) is 20.9 Å². The third-order valence-electron chi connectivity index (χ3n) is 4.95. The van der Waals surface area contributed by atoms with E-state index in [1.165, 1.54) is 0 Å². The van der Waals surface area contributed by atoms with Gasteiger partial charge in [0.15, 0.2) is 0 Å². The van der Waals surface area contributed by atoms with Crippen LogP contribution < -0.4 is 9.47 Å². The van der Waals surface area contributed by atoms with Gasteiger partial charge in [-0.15, -0.1) is 11.3 Å². The molecule has 0 aliphatic rings. The zero-order valence-corrected chi connectivity index (χ0v) is 18.4. The Labute approximate surface area is 184 Å². The summed E-state index contributed by atoms with van der Waals surface area (Å²) < 4.78 is 17.6. The Morgan fingerprint density at radius 2 is 2.03 bits per heavy atom. The highest BCUT2D eigenvalue weighted by atomic mass is 32.1. The molecule has 0 aliphatic heterocycles. The number of carbonyl (C=O) groups is 1. The van der Waals surface area contributed by atoms with E-state index in [0.717, 1.165) is 16.0 Å². The number of furan rings is 1. The van der Waals surface area contributed by atoms with Gasteiger partial charge in [0.2, 0.25) is 0 Å². The monoisotopic (exact) mass is 437 g/mol. The Hall–Kier alpha value is -3.52. The molecule has 4 aromatic rings. The molecule has 7 nitrogen and oxygen atoms in total. The lowest BCUT2D eigenvalue weighted by Crippen LogP contribution is -2.31. The lowest BCUT2D eigenvalue weighted by molar-refractivity contribution is 0.0720. The first-order chi connectivity index (χ1) is 15.1. The summed E-state index contributed by atoms with van der Waals surface area (Å²) in [6.45, 7) is 0.945. The fraction of sp³-hybridized carbons (Fsp3) is 0.217. The van der Waals surface area contributed by atoms with Gasteiger partial charge in [0.05, 0.1) is 39.0 Å². The molecule has 0 saturated carbocycles. The molecule has 0 N–H and O–H groups in total. The number of benzene rings is 1. The number of nitrogens with zero attached hydrogens (tertiary/aromatic N) is 3. The molecule has 160 valence electrons. The Morgan fingerprint density at radius 3 is 2.71 bits per heavy atom. The second-order valence-electron chi connectivity index (χ2n) is 6.98. The van der Waals surface area contributed by atoms with Gasteiger partial charge in [0.25, 0.3) is 5.91 Å². The van der Waals surface area contributed by atoms with Crippen molar-refractivity contribution in [1.82, 2.24) is 14.7 Å². The molecule has 0 radical (unpaired) electrons. The van der Waals surface area contributed by atoms with Crippen LogP contribution in [0.4, 0.5) is 0 Å². The predicted octanol–water partition coefficient (Wildman–Crippen LogP) is 4.60. The maximum Gasteiger partial charge on any atom is 0.272 e. The Morgan fingerprint density at radius 1 is 1.16 bits per heavy atom. The van der Waals surface area contributed by atoms with Crippen molar-refractivity contribution >= 4 is 17.2 Å². The van der Waals surface area contributed by atoms with Gasteiger partial charge in [-0.05, 0) is 41.8 Å². The van der Waals surface area contributed by atoms with E-state index in [4.69, 9.17) is 13.9 Å². The number of ether oxygens (including phenoxy) is 2. The lowest BCUT2D eigenvalue weighted by Gasteiger charge is -2.21. The van der Waals surface area contributed by atoms with Gasteiger partial charge in [0.1, 0.15) is 17.2 Å². The summed E-state index contributed by atoms with van der Waals surface area (Å²) in [5, 5.41) is 6.59. The Bertz CT molecular complexity index is 1110. The summed E-state index contributed by atoms with van der Waals surface area (Å²) in [4.78, 5) is 16.4. The van der Waals surface area contributed by atoms with E-state index in [1.54, 1.807) is 60.8 Å². The summed E-state index contributed by atoms with van der Waals surface area (Å²) in [6, 6.07) is 13.2. The smallest absolute Gasteiger partial charge is 0.272 e. The molecule has 4 rings (SSSR count). The maximum atomic E-state index is 13.5. The van der Waals surface area contributed by atoms with E-state index < -0.39 is 0 Å². The molecule has 3 heterocycles. The molecule has 3 aromatic heterocycles. The van der Waals surface area contributed by atoms with Crippen LogP contribution in [0, 0.1) is 0 Å². The molecule has 0 aliphatic carbocycles. The zero-order chi connectivity index (χ0) is 21.8. The average Bonchev–Trinajstić information content (AvgIpc) is 3.55. The standard InChI is InChI=1S/C23H23N3O4S/c1-25-21(12-20(24-25)19-11-17(28-2)6-7-22(19)29-3)23(27)26(13-16-8-9-30-15-16)14-18-5-4-10-31-18/h4-12,15H,13-14H2,1-3H3. The van der Waals surface area contributed by atoms with Gasteiger partial charge in [-0.2, -0.15) is 5.10 Å². The van der Waals surface area contributed by atoms with Gasteiger partial charge < -0.3 is 18.8 Å². The van der Waals surface area contributed by atoms with Gasteiger partial charge in [-0.1, -0.05) is 6.07 Å². The van der Waals surface area contributed by atoms with E-state index in [1.807, 2.05) is 41.8 Å². The van der Waals surface area contributed by atoms with Crippen molar-refractivity contribution in [3.05, 3.63) is 76.5 Å². The minimum absolute atomic E-state index is 0.113. The molecule has 0 spiro atoms. The molecule has 1 amide bonds. The number of rotatable bonds is 8. The van der Waals surface area contributed by atoms with E-state index >= 15 is 0 Å². The lowest BCUT2D eigenvalue weighted by atomic mass is 10.1. The summed E-state index contributed by atoms with van der Waals surface area (Å²) in [7, 11) is 4.98. The van der Waals surface area contributed by atoms with Crippen LogP contribution in [0.2, 0.25) is 0 Å². The van der Waals surface area contributed by atoms with Gasteiger partial charge in [-0.25, -0.2) is 0 Å². The molecule has 0 atom stereocenters. The quantitative estimate of drug-likeness (QED) is 0.403. The van der Waals surface area contributed by atoms with E-state index in [-0.39, 0.29) is 5.91 Å². The van der Waals surface area contributed by atoms with Crippen LogP contribution in [0.3, 0.4) is 0 Å². The number of aryl methyl sites for hydroxylation is 1. The molecular weight excluding hydrogens is 414 g/mol. The number of amides is 1. The SMILES string of the molecule is COc1ccc(OC)c(-c2cc(C(=O)N(Cc3ccoc3)Cc3cccs3)n(C)n2)c1. The number of thiophene rings is 1. The Kier molecular flexibility index (Phi) is 6.08. The fourth-order valence-corrected chi connectivity index (χ4v) is 4.09. The Balaban J connectivity index is 1.67. The zero-order valence-electron chi connectivity index (χ0n) is 17.6. The summed E-state index contributed by atoms with van der Waals surface area (Å²) in [6.07, 6.45) is 3.27. The van der Waals surface area contributed by atoms with Gasteiger partial charge >= 0.3 is 0 Å². The van der Waals surface area contributed by atoms with Crippen LogP contribution in [0.5, 0.6) is 11.5 Å². The van der Waals surface area contributed by atoms with Crippen molar-refractivity contribution < 1.29 is 18.7 Å². The van der Waals surface area contributed by atoms with Crippen molar-refractivity contribution in [3.63, 3.8) is 0 Å². The third kappa shape index (κ3) is 4.49. The van der Waals surface area contributed by atoms with Gasteiger partial charge in [-0.3, -0.25) is 9.48 Å². The molecule has 0 bridgehead atoms. The number of hydrogen-bond donors (Lipinski definition) is 0. The largest absolute Gasteiger partial charge is 0.497 e. The minimum atomic E-state index is -0.113. The molecular formula is C23H23N3O4S. The minimum Gasteiger partial charge on any atom is -0.497 e. The van der Waals surface area contributed by atoms with E-state index in [0.29, 0.717) is 36.0 Å². The second-order valence-corrected chi connectivity index (χ2v) is 8.01. The molecule has 0 fully saturated rings. The maximum absolute atomic E-state index is 13.5. The predicted molar refractivity (Wildman–Crippen MR) is 118 cm³/mol. The average molecular weight is 438 g/mol. The molecule has 0 unspecified atom stereocenters. The molecule has 8 heteroatoms. The summed E-state index contributed by atoms with van der Waals surface area (Å²) in [5.41, 5.74) is 2.82. The third-order valence-corrected chi connectivity index (χ3v) is 5.81. The van der Waals surface area contributed by atoms with E-state index in [2.05, 4.69) is 5.10 Å². The first-order valence-corrected chi connectivity index (χ1v) is 10.6. The van der Waals surface area contributed by atoms with Crippen LogP contribution in [-0.4, -0.2) is 34.8 Å². The van der Waals surface area contributed by atoms with Crippen molar-refractivity contribution in [2.75, 3.05) is 14.2 Å². The summed E-state index contributed by atoms with van der Waals surface area (Å²) >= 11 is 1.62. The number of carbonyl (C=O) groups excluding carboxylic acids is 1. The van der Waals surface area contributed by atoms with Crippen LogP contribution in [0.15, 0.2) is 64.8 Å². The van der Waals surface area contributed by atoms with Crippen molar-refractivity contribution in [1.29, 1.82) is 0 Å². The van der Waals surface area contributed by atoms with E-state index in [9.17, 15) is 4.79 Å². The topological polar surface area (TPSA) is 69.7 Å². The first-order valence-electron chi connectivity index (χ1n) is 9.68. The highest BCUT2D eigenvalue weighted by Crippen LogP contribution is 2.33. The summed E-state index contributed by atoms with van der Waals surface area (Å²) in [5.74, 6) is 1.23. The highest BCUT2D eigenvalue weighted by molar-refractivity contribution is 7.09. The number of methoxy groups -OCH3 is 2. The van der Waals surface area contributed by atoms with Crippen molar-refractivity contribution in [3.8, 4) is 22.8 Å². The van der Waals surface area contributed by atoms with Crippen LogP contribution in [0.25, 0.3) is 11.3 Å². The van der Waals surface area contributed by atoms with Crippen LogP contribution in [-0.2, 0) is 20.1 Å². The van der Waals surface area contributed by atoms with Crippen molar-refractivity contribution in [2.45, 2.75) is 13.1 Å². The normalized spacial score (nSPS) is 10.8. The van der Waals surface area contributed by atoms with Crippen LogP contribution >= 0.6 is 11.3 Å². The highest BCUT2D eigenvalue weighted by Gasteiger charge is 2.23. The molecule has 1 aromatic carbocycles. The first kappa shape index (κ1) is 20.7. The fourth-order valence-electron chi connectivity index (χ4n) is 3.37. The van der Waals surface area contributed by atoms with Gasteiger partial charge in [0, 0.05) is 29.6 Å². The second kappa shape index (κ2) is 9.09. The molecule has 0 saturated heterocycles. The number of hydrogen-bond acceptors (Lipinski definition) is 6.